The van der Waals surface area contributed by atoms with Crippen LogP contribution < -0.4 is 16.4 Å². The standard InChI is InChI=1S/C24H27F3N6O2/c1-14(2)22-18(26)8-16(9-19(22)27)23(15-6-4-3-5-7-15)29-24(35)20-10-17(25)11-33(20)21(34)12-32-13-28-30-31-32/h3-9,13-14,17,20,23,30-31H,10-12H2,1-2H3,(H,29,35)/t17-,20+,23+/m1/s1. The number of hydrogen-bond acceptors (Lipinski definition) is 6. The largest absolute Gasteiger partial charge is 0.343 e. The molecule has 11 heteroatoms. The Kier molecular flexibility index (Phi) is 7.25. The van der Waals surface area contributed by atoms with Gasteiger partial charge in [-0.2, -0.15) is 5.10 Å². The van der Waals surface area contributed by atoms with Gasteiger partial charge in [-0.1, -0.05) is 44.2 Å². The SMILES string of the molecule is CC(C)c1c(F)cc([C@@H](NC(=O)[C@@H]2C[C@@H](F)CN2C(=O)CN2C=NNN2)c2ccccc2)cc1F. The number of carbonyl (C=O) groups excluding carboxylic acids is 2. The number of carbonyl (C=O) groups is 2. The van der Waals surface area contributed by atoms with Crippen molar-refractivity contribution in [1.29, 1.82) is 0 Å². The summed E-state index contributed by atoms with van der Waals surface area (Å²) >= 11 is 0. The summed E-state index contributed by atoms with van der Waals surface area (Å²) in [5.74, 6) is -2.86. The van der Waals surface area contributed by atoms with Crippen molar-refractivity contribution in [2.45, 2.75) is 44.4 Å². The normalized spacial score (nSPS) is 20.3. The monoisotopic (exact) mass is 488 g/mol. The highest BCUT2D eigenvalue weighted by Gasteiger charge is 2.41. The van der Waals surface area contributed by atoms with Gasteiger partial charge in [-0.05, 0) is 29.2 Å². The second-order valence-corrected chi connectivity index (χ2v) is 8.90. The fourth-order valence-corrected chi connectivity index (χ4v) is 4.41. The molecule has 2 aromatic rings. The summed E-state index contributed by atoms with van der Waals surface area (Å²) in [5.41, 5.74) is 5.83. The van der Waals surface area contributed by atoms with Gasteiger partial charge in [0.1, 0.15) is 36.7 Å². The van der Waals surface area contributed by atoms with E-state index in [9.17, 15) is 22.8 Å². The fraction of sp³-hybridized carbons (Fsp3) is 0.375. The molecule has 0 unspecified atom stereocenters. The van der Waals surface area contributed by atoms with Crippen LogP contribution in [-0.2, 0) is 9.59 Å². The molecule has 0 aromatic heterocycles. The van der Waals surface area contributed by atoms with Crippen molar-refractivity contribution in [3.8, 4) is 0 Å². The highest BCUT2D eigenvalue weighted by Crippen LogP contribution is 2.30. The van der Waals surface area contributed by atoms with Gasteiger partial charge >= 0.3 is 0 Å². The predicted octanol–water partition coefficient (Wildman–Crippen LogP) is 2.50. The molecular weight excluding hydrogens is 461 g/mol. The number of nitrogens with zero attached hydrogens (tertiary/aromatic N) is 3. The molecule has 1 fully saturated rings. The lowest BCUT2D eigenvalue weighted by Crippen LogP contribution is -2.51. The molecule has 8 nitrogen and oxygen atoms in total. The molecule has 0 saturated carbocycles. The number of rotatable bonds is 7. The number of likely N-dealkylation sites (tertiary alicyclic amines) is 1. The first-order chi connectivity index (χ1) is 16.7. The quantitative estimate of drug-likeness (QED) is 0.558. The van der Waals surface area contributed by atoms with Crippen molar-refractivity contribution >= 4 is 18.2 Å². The molecule has 0 radical (unpaired) electrons. The third kappa shape index (κ3) is 5.40. The van der Waals surface area contributed by atoms with E-state index < -0.39 is 41.7 Å². The van der Waals surface area contributed by atoms with Crippen molar-refractivity contribution in [3.63, 3.8) is 0 Å². The maximum Gasteiger partial charge on any atom is 0.244 e. The minimum atomic E-state index is -1.37. The number of halogens is 3. The smallest absolute Gasteiger partial charge is 0.244 e. The highest BCUT2D eigenvalue weighted by atomic mass is 19.1. The van der Waals surface area contributed by atoms with Gasteiger partial charge in [-0.3, -0.25) is 14.6 Å². The van der Waals surface area contributed by atoms with E-state index in [1.807, 2.05) is 0 Å². The minimum absolute atomic E-state index is 0.0340. The first-order valence-electron chi connectivity index (χ1n) is 11.3. The zero-order chi connectivity index (χ0) is 25.1. The molecular formula is C24H27F3N6O2. The Balaban J connectivity index is 1.60. The van der Waals surface area contributed by atoms with E-state index in [0.29, 0.717) is 5.56 Å². The van der Waals surface area contributed by atoms with Crippen molar-refractivity contribution in [3.05, 3.63) is 70.8 Å². The molecule has 2 amide bonds. The van der Waals surface area contributed by atoms with Gasteiger partial charge in [0.25, 0.3) is 0 Å². The van der Waals surface area contributed by atoms with Crippen molar-refractivity contribution in [2.24, 2.45) is 5.10 Å². The Morgan fingerprint density at radius 2 is 1.83 bits per heavy atom. The van der Waals surface area contributed by atoms with E-state index in [0.717, 1.165) is 0 Å². The molecule has 0 bridgehead atoms. The summed E-state index contributed by atoms with van der Waals surface area (Å²) in [6.07, 6.45) is -0.192. The van der Waals surface area contributed by atoms with Gasteiger partial charge in [0.05, 0.1) is 12.6 Å². The van der Waals surface area contributed by atoms with Gasteiger partial charge in [0, 0.05) is 12.0 Å². The van der Waals surface area contributed by atoms with E-state index in [2.05, 4.69) is 21.5 Å². The summed E-state index contributed by atoms with van der Waals surface area (Å²) in [4.78, 5) is 27.3. The maximum atomic E-state index is 14.8. The topological polar surface area (TPSA) is 89.1 Å². The van der Waals surface area contributed by atoms with E-state index in [1.165, 1.54) is 28.4 Å². The third-order valence-electron chi connectivity index (χ3n) is 6.07. The van der Waals surface area contributed by atoms with Gasteiger partial charge in [-0.25, -0.2) is 18.7 Å². The molecule has 3 atom stereocenters. The van der Waals surface area contributed by atoms with Crippen molar-refractivity contribution in [1.82, 2.24) is 26.3 Å². The van der Waals surface area contributed by atoms with E-state index in [4.69, 9.17) is 0 Å². The highest BCUT2D eigenvalue weighted by molar-refractivity contribution is 5.90. The van der Waals surface area contributed by atoms with E-state index in [-0.39, 0.29) is 36.6 Å². The van der Waals surface area contributed by atoms with Gasteiger partial charge in [0.15, 0.2) is 0 Å². The summed E-state index contributed by atoms with van der Waals surface area (Å²) in [6, 6.07) is 9.14. The number of hydrogen-bond donors (Lipinski definition) is 3. The molecule has 1 saturated heterocycles. The van der Waals surface area contributed by atoms with Crippen LogP contribution in [0, 0.1) is 11.6 Å². The average molecular weight is 489 g/mol. The molecule has 186 valence electrons. The average Bonchev–Trinajstić information content (AvgIpc) is 3.46. The second-order valence-electron chi connectivity index (χ2n) is 8.90. The molecule has 4 rings (SSSR count). The maximum absolute atomic E-state index is 14.8. The number of benzene rings is 2. The Morgan fingerprint density at radius 1 is 1.14 bits per heavy atom. The Labute approximate surface area is 201 Å². The summed E-state index contributed by atoms with van der Waals surface area (Å²) in [6.45, 7) is 2.99. The lowest BCUT2D eigenvalue weighted by atomic mass is 9.93. The summed E-state index contributed by atoms with van der Waals surface area (Å²) < 4.78 is 43.9. The number of nitrogens with one attached hydrogen (secondary N) is 3. The number of alkyl halides is 1. The van der Waals surface area contributed by atoms with Crippen LogP contribution in [0.2, 0.25) is 0 Å². The van der Waals surface area contributed by atoms with Gasteiger partial charge in [0.2, 0.25) is 11.8 Å². The van der Waals surface area contributed by atoms with Crippen LogP contribution in [0.5, 0.6) is 0 Å². The molecule has 35 heavy (non-hydrogen) atoms. The fourth-order valence-electron chi connectivity index (χ4n) is 4.41. The lowest BCUT2D eigenvalue weighted by Gasteiger charge is -2.28. The Hall–Kier alpha value is -3.60. The van der Waals surface area contributed by atoms with Crippen molar-refractivity contribution < 1.29 is 22.8 Å². The minimum Gasteiger partial charge on any atom is -0.343 e. The molecule has 2 aliphatic rings. The molecule has 2 heterocycles. The second kappa shape index (κ2) is 10.3. The first-order valence-corrected chi connectivity index (χ1v) is 11.3. The lowest BCUT2D eigenvalue weighted by molar-refractivity contribution is -0.139. The Bertz CT molecular complexity index is 1090. The zero-order valence-corrected chi connectivity index (χ0v) is 19.3. The van der Waals surface area contributed by atoms with Crippen LogP contribution in [0.25, 0.3) is 0 Å². The molecule has 2 aliphatic heterocycles. The predicted molar refractivity (Wildman–Crippen MR) is 123 cm³/mol. The number of hydrazine groups is 2. The Morgan fingerprint density at radius 3 is 2.43 bits per heavy atom. The van der Waals surface area contributed by atoms with Crippen molar-refractivity contribution in [2.75, 3.05) is 13.1 Å². The zero-order valence-electron chi connectivity index (χ0n) is 19.3. The van der Waals surface area contributed by atoms with E-state index in [1.54, 1.807) is 44.2 Å². The number of hydrazone groups is 1. The molecule has 3 N–H and O–H groups in total. The first kappa shape index (κ1) is 24.5. The molecule has 0 spiro atoms. The van der Waals surface area contributed by atoms with Crippen LogP contribution in [0.1, 0.15) is 48.9 Å². The van der Waals surface area contributed by atoms with Gasteiger partial charge < -0.3 is 10.2 Å². The van der Waals surface area contributed by atoms with Crippen LogP contribution in [0.4, 0.5) is 13.2 Å². The number of amides is 2. The molecule has 2 aromatic carbocycles. The van der Waals surface area contributed by atoms with Crippen LogP contribution >= 0.6 is 0 Å². The van der Waals surface area contributed by atoms with Crippen LogP contribution in [0.15, 0.2) is 47.6 Å². The van der Waals surface area contributed by atoms with Crippen LogP contribution in [0.3, 0.4) is 0 Å². The van der Waals surface area contributed by atoms with E-state index >= 15 is 0 Å². The molecule has 0 aliphatic carbocycles. The van der Waals surface area contributed by atoms with Crippen LogP contribution in [-0.4, -0.2) is 53.4 Å². The summed E-state index contributed by atoms with van der Waals surface area (Å²) in [5, 5.41) is 7.86. The third-order valence-corrected chi connectivity index (χ3v) is 6.07. The summed E-state index contributed by atoms with van der Waals surface area (Å²) in [7, 11) is 0. The van der Waals surface area contributed by atoms with Gasteiger partial charge in [-0.15, -0.1) is 5.53 Å².